The summed E-state index contributed by atoms with van der Waals surface area (Å²) in [5.41, 5.74) is 1.55. The Morgan fingerprint density at radius 1 is 1.14 bits per heavy atom. The molecule has 1 N–H and O–H groups in total. The third kappa shape index (κ3) is 1.70. The lowest BCUT2D eigenvalue weighted by molar-refractivity contribution is 0.477. The van der Waals surface area contributed by atoms with Crippen LogP contribution in [0.4, 0.5) is 0 Å². The van der Waals surface area contributed by atoms with Gasteiger partial charge in [0.25, 0.3) is 0 Å². The second kappa shape index (κ2) is 3.68. The Morgan fingerprint density at radius 2 is 1.93 bits per heavy atom. The molecule has 0 aliphatic carbocycles. The van der Waals surface area contributed by atoms with Crippen molar-refractivity contribution < 1.29 is 5.11 Å². The number of hydrogen-bond acceptors (Lipinski definition) is 2. The minimum Gasteiger partial charge on any atom is -0.507 e. The van der Waals surface area contributed by atoms with Gasteiger partial charge in [0.15, 0.2) is 0 Å². The SMILES string of the molecule is Oc1ccccc1-c1cncc(Cl)c1. The van der Waals surface area contributed by atoms with Gasteiger partial charge in [0.1, 0.15) is 5.75 Å². The van der Waals surface area contributed by atoms with E-state index in [9.17, 15) is 5.11 Å². The van der Waals surface area contributed by atoms with Gasteiger partial charge in [0.05, 0.1) is 5.02 Å². The number of phenolic OH excluding ortho intramolecular Hbond substituents is 1. The maximum Gasteiger partial charge on any atom is 0.123 e. The molecule has 0 bridgehead atoms. The fourth-order valence-electron chi connectivity index (χ4n) is 1.28. The van der Waals surface area contributed by atoms with Gasteiger partial charge in [0.2, 0.25) is 0 Å². The van der Waals surface area contributed by atoms with E-state index in [0.29, 0.717) is 5.02 Å². The molecule has 70 valence electrons. The highest BCUT2D eigenvalue weighted by Gasteiger charge is 2.03. The monoisotopic (exact) mass is 205 g/mol. The summed E-state index contributed by atoms with van der Waals surface area (Å²) in [6.07, 6.45) is 3.23. The molecule has 0 amide bonds. The third-order valence-corrected chi connectivity index (χ3v) is 2.13. The zero-order valence-electron chi connectivity index (χ0n) is 7.31. The molecule has 0 aliphatic heterocycles. The minimum absolute atomic E-state index is 0.233. The lowest BCUT2D eigenvalue weighted by Crippen LogP contribution is -1.80. The molecule has 0 radical (unpaired) electrons. The summed E-state index contributed by atoms with van der Waals surface area (Å²) < 4.78 is 0. The Balaban J connectivity index is 2.55. The van der Waals surface area contributed by atoms with Crippen LogP contribution in [0.15, 0.2) is 42.7 Å². The van der Waals surface area contributed by atoms with Gasteiger partial charge in [-0.15, -0.1) is 0 Å². The smallest absolute Gasteiger partial charge is 0.123 e. The van der Waals surface area contributed by atoms with E-state index in [4.69, 9.17) is 11.6 Å². The fourth-order valence-corrected chi connectivity index (χ4v) is 1.45. The van der Waals surface area contributed by atoms with E-state index in [1.54, 1.807) is 30.6 Å². The van der Waals surface area contributed by atoms with Gasteiger partial charge in [-0.3, -0.25) is 4.98 Å². The van der Waals surface area contributed by atoms with Gasteiger partial charge in [-0.25, -0.2) is 0 Å². The number of phenols is 1. The molecule has 14 heavy (non-hydrogen) atoms. The van der Waals surface area contributed by atoms with Crippen LogP contribution in [0.2, 0.25) is 5.02 Å². The van der Waals surface area contributed by atoms with Crippen molar-refractivity contribution in [1.29, 1.82) is 0 Å². The normalized spacial score (nSPS) is 10.1. The van der Waals surface area contributed by atoms with Crippen LogP contribution in [0.5, 0.6) is 5.75 Å². The summed E-state index contributed by atoms with van der Waals surface area (Å²) in [5.74, 6) is 0.233. The quantitative estimate of drug-likeness (QED) is 0.776. The van der Waals surface area contributed by atoms with Crippen molar-refractivity contribution in [2.75, 3.05) is 0 Å². The first-order valence-corrected chi connectivity index (χ1v) is 4.54. The van der Waals surface area contributed by atoms with Crippen LogP contribution in [-0.2, 0) is 0 Å². The Hall–Kier alpha value is -1.54. The first-order chi connectivity index (χ1) is 6.77. The van der Waals surface area contributed by atoms with Gasteiger partial charge in [-0.05, 0) is 12.1 Å². The summed E-state index contributed by atoms with van der Waals surface area (Å²) in [7, 11) is 0. The number of pyridine rings is 1. The van der Waals surface area contributed by atoms with Crippen molar-refractivity contribution in [2.24, 2.45) is 0 Å². The summed E-state index contributed by atoms with van der Waals surface area (Å²) >= 11 is 5.80. The second-order valence-electron chi connectivity index (χ2n) is 2.91. The van der Waals surface area contributed by atoms with Gasteiger partial charge >= 0.3 is 0 Å². The van der Waals surface area contributed by atoms with Crippen LogP contribution in [0.25, 0.3) is 11.1 Å². The van der Waals surface area contributed by atoms with E-state index < -0.39 is 0 Å². The van der Waals surface area contributed by atoms with Crippen molar-refractivity contribution >= 4 is 11.6 Å². The highest BCUT2D eigenvalue weighted by Crippen LogP contribution is 2.29. The van der Waals surface area contributed by atoms with Crippen molar-refractivity contribution in [3.8, 4) is 16.9 Å². The molecular weight excluding hydrogens is 198 g/mol. The van der Waals surface area contributed by atoms with Crippen molar-refractivity contribution in [3.05, 3.63) is 47.7 Å². The molecule has 3 heteroatoms. The molecule has 2 rings (SSSR count). The van der Waals surface area contributed by atoms with Crippen LogP contribution >= 0.6 is 11.6 Å². The van der Waals surface area contributed by atoms with Crippen LogP contribution in [0, 0.1) is 0 Å². The number of hydrogen-bond donors (Lipinski definition) is 1. The highest BCUT2D eigenvalue weighted by atomic mass is 35.5. The molecular formula is C11H8ClNO. The maximum absolute atomic E-state index is 9.58. The summed E-state index contributed by atoms with van der Waals surface area (Å²) in [5, 5.41) is 10.1. The molecule has 1 aromatic heterocycles. The van der Waals surface area contributed by atoms with Gasteiger partial charge < -0.3 is 5.11 Å². The molecule has 1 heterocycles. The molecule has 0 aliphatic rings. The molecule has 0 saturated heterocycles. The predicted octanol–water partition coefficient (Wildman–Crippen LogP) is 3.11. The Labute approximate surface area is 86.8 Å². The lowest BCUT2D eigenvalue weighted by Gasteiger charge is -2.03. The first-order valence-electron chi connectivity index (χ1n) is 4.16. The van der Waals surface area contributed by atoms with Gasteiger partial charge in [0, 0.05) is 23.5 Å². The number of aromatic nitrogens is 1. The first kappa shape index (κ1) is 9.03. The van der Waals surface area contributed by atoms with Crippen LogP contribution in [0.1, 0.15) is 0 Å². The number of para-hydroxylation sites is 1. The number of halogens is 1. The minimum atomic E-state index is 0.233. The molecule has 2 aromatic rings. The lowest BCUT2D eigenvalue weighted by atomic mass is 10.1. The van der Waals surface area contributed by atoms with Crippen molar-refractivity contribution in [3.63, 3.8) is 0 Å². The topological polar surface area (TPSA) is 33.1 Å². The van der Waals surface area contributed by atoms with E-state index in [1.807, 2.05) is 12.1 Å². The zero-order chi connectivity index (χ0) is 9.97. The van der Waals surface area contributed by atoms with Gasteiger partial charge in [-0.2, -0.15) is 0 Å². The number of aromatic hydroxyl groups is 1. The van der Waals surface area contributed by atoms with Crippen LogP contribution in [-0.4, -0.2) is 10.1 Å². The molecule has 0 saturated carbocycles. The van der Waals surface area contributed by atoms with E-state index in [1.165, 1.54) is 0 Å². The Morgan fingerprint density at radius 3 is 2.64 bits per heavy atom. The van der Waals surface area contributed by atoms with Crippen molar-refractivity contribution in [1.82, 2.24) is 4.98 Å². The van der Waals surface area contributed by atoms with E-state index in [2.05, 4.69) is 4.98 Å². The summed E-state index contributed by atoms with van der Waals surface area (Å²) in [6, 6.07) is 8.86. The van der Waals surface area contributed by atoms with E-state index in [0.717, 1.165) is 11.1 Å². The maximum atomic E-state index is 9.58. The van der Waals surface area contributed by atoms with Crippen LogP contribution < -0.4 is 0 Å². The number of rotatable bonds is 1. The van der Waals surface area contributed by atoms with E-state index >= 15 is 0 Å². The standard InChI is InChI=1S/C11H8ClNO/c12-9-5-8(6-13-7-9)10-3-1-2-4-11(10)14/h1-7,14H. The fraction of sp³-hybridized carbons (Fsp3) is 0. The highest BCUT2D eigenvalue weighted by molar-refractivity contribution is 6.30. The average Bonchev–Trinajstić information content (AvgIpc) is 2.18. The molecule has 2 nitrogen and oxygen atoms in total. The largest absolute Gasteiger partial charge is 0.507 e. The molecule has 0 atom stereocenters. The van der Waals surface area contributed by atoms with Gasteiger partial charge in [-0.1, -0.05) is 29.8 Å². The zero-order valence-corrected chi connectivity index (χ0v) is 8.07. The van der Waals surface area contributed by atoms with E-state index in [-0.39, 0.29) is 5.75 Å². The number of nitrogens with zero attached hydrogens (tertiary/aromatic N) is 1. The third-order valence-electron chi connectivity index (χ3n) is 1.92. The molecule has 1 aromatic carbocycles. The average molecular weight is 206 g/mol. The Bertz CT molecular complexity index is 457. The molecule has 0 spiro atoms. The number of benzene rings is 1. The second-order valence-corrected chi connectivity index (χ2v) is 3.35. The summed E-state index contributed by atoms with van der Waals surface area (Å²) in [4.78, 5) is 3.96. The molecule has 0 unspecified atom stereocenters. The predicted molar refractivity (Wildman–Crippen MR) is 56.3 cm³/mol. The molecule has 0 fully saturated rings. The Kier molecular flexibility index (Phi) is 2.37. The van der Waals surface area contributed by atoms with Crippen LogP contribution in [0.3, 0.4) is 0 Å². The van der Waals surface area contributed by atoms with Crippen molar-refractivity contribution in [2.45, 2.75) is 0 Å². The summed E-state index contributed by atoms with van der Waals surface area (Å²) in [6.45, 7) is 0.